The van der Waals surface area contributed by atoms with Crippen LogP contribution in [0.2, 0.25) is 5.02 Å². The van der Waals surface area contributed by atoms with Gasteiger partial charge in [-0.05, 0) is 43.3 Å². The van der Waals surface area contributed by atoms with Gasteiger partial charge in [0.05, 0.1) is 12.3 Å². The van der Waals surface area contributed by atoms with Crippen LogP contribution in [0.4, 0.5) is 0 Å². The van der Waals surface area contributed by atoms with E-state index < -0.39 is 5.97 Å². The van der Waals surface area contributed by atoms with Gasteiger partial charge in [0, 0.05) is 10.6 Å². The first-order chi connectivity index (χ1) is 11.6. The summed E-state index contributed by atoms with van der Waals surface area (Å²) in [6, 6.07) is 14.0. The largest absolute Gasteiger partial charge is 0.494 e. The molecule has 122 valence electrons. The Morgan fingerprint density at radius 1 is 1.17 bits per heavy atom. The summed E-state index contributed by atoms with van der Waals surface area (Å²) < 4.78 is 6.90. The molecule has 6 nitrogen and oxygen atoms in total. The Kier molecular flexibility index (Phi) is 4.48. The molecular weight excluding hydrogens is 330 g/mol. The number of nitrogens with zero attached hydrogens (tertiary/aromatic N) is 3. The van der Waals surface area contributed by atoms with Gasteiger partial charge in [0.1, 0.15) is 11.4 Å². The zero-order valence-corrected chi connectivity index (χ0v) is 13.6. The van der Waals surface area contributed by atoms with Crippen molar-refractivity contribution in [2.45, 2.75) is 6.92 Å². The molecular formula is C17H14ClN3O3. The number of carbonyl (C=O) groups is 1. The van der Waals surface area contributed by atoms with Crippen molar-refractivity contribution in [2.24, 2.45) is 0 Å². The number of carboxylic acids is 1. The average Bonchev–Trinajstić information content (AvgIpc) is 3.02. The van der Waals surface area contributed by atoms with Crippen molar-refractivity contribution in [3.8, 4) is 22.7 Å². The summed E-state index contributed by atoms with van der Waals surface area (Å²) in [4.78, 5) is 11.5. The molecule has 0 aliphatic carbocycles. The van der Waals surface area contributed by atoms with E-state index in [4.69, 9.17) is 16.3 Å². The van der Waals surface area contributed by atoms with Gasteiger partial charge in [-0.2, -0.15) is 0 Å². The van der Waals surface area contributed by atoms with Crippen LogP contribution in [-0.4, -0.2) is 32.7 Å². The Bertz CT molecular complexity index is 858. The molecule has 7 heteroatoms. The van der Waals surface area contributed by atoms with Gasteiger partial charge in [-0.3, -0.25) is 0 Å². The van der Waals surface area contributed by atoms with E-state index in [2.05, 4.69) is 10.3 Å². The van der Waals surface area contributed by atoms with Crippen LogP contribution in [-0.2, 0) is 0 Å². The minimum absolute atomic E-state index is 0.119. The molecule has 0 amide bonds. The molecule has 0 unspecified atom stereocenters. The van der Waals surface area contributed by atoms with Crippen LogP contribution >= 0.6 is 11.6 Å². The number of hydrogen-bond acceptors (Lipinski definition) is 4. The van der Waals surface area contributed by atoms with E-state index in [0.29, 0.717) is 28.6 Å². The maximum atomic E-state index is 11.5. The number of benzene rings is 2. The molecule has 0 saturated heterocycles. The van der Waals surface area contributed by atoms with Crippen molar-refractivity contribution < 1.29 is 14.6 Å². The number of halogens is 1. The zero-order chi connectivity index (χ0) is 17.1. The molecule has 0 aliphatic heterocycles. The summed E-state index contributed by atoms with van der Waals surface area (Å²) in [7, 11) is 0. The summed E-state index contributed by atoms with van der Waals surface area (Å²) in [5.41, 5.74) is 1.62. The molecule has 0 bridgehead atoms. The molecule has 2 aromatic carbocycles. The van der Waals surface area contributed by atoms with Gasteiger partial charge in [0.25, 0.3) is 0 Å². The van der Waals surface area contributed by atoms with Gasteiger partial charge in [-0.15, -0.1) is 5.10 Å². The SMILES string of the molecule is CCOc1ccc(-n2nnc(C(=O)O)c2-c2ccc(Cl)cc2)cc1. The molecule has 0 aliphatic rings. The summed E-state index contributed by atoms with van der Waals surface area (Å²) in [5, 5.41) is 17.8. The number of aromatic nitrogens is 3. The lowest BCUT2D eigenvalue weighted by Gasteiger charge is -2.09. The predicted molar refractivity (Wildman–Crippen MR) is 89.9 cm³/mol. The molecule has 3 rings (SSSR count). The van der Waals surface area contributed by atoms with E-state index in [1.54, 1.807) is 48.5 Å². The van der Waals surface area contributed by atoms with Crippen LogP contribution in [0.25, 0.3) is 16.9 Å². The third-order valence-electron chi connectivity index (χ3n) is 3.38. The van der Waals surface area contributed by atoms with E-state index in [9.17, 15) is 9.90 Å². The second-order valence-corrected chi connectivity index (χ2v) is 5.37. The first kappa shape index (κ1) is 16.0. The van der Waals surface area contributed by atoms with E-state index >= 15 is 0 Å². The molecule has 1 aromatic heterocycles. The number of hydrogen-bond donors (Lipinski definition) is 1. The molecule has 1 N–H and O–H groups in total. The number of aromatic carboxylic acids is 1. The predicted octanol–water partition coefficient (Wildman–Crippen LogP) is 3.68. The Morgan fingerprint density at radius 2 is 1.83 bits per heavy atom. The van der Waals surface area contributed by atoms with Crippen molar-refractivity contribution in [3.05, 3.63) is 59.2 Å². The summed E-state index contributed by atoms with van der Waals surface area (Å²) in [5.74, 6) is -0.412. The van der Waals surface area contributed by atoms with E-state index in [1.807, 2.05) is 6.92 Å². The quantitative estimate of drug-likeness (QED) is 0.764. The fourth-order valence-electron chi connectivity index (χ4n) is 2.32. The van der Waals surface area contributed by atoms with Gasteiger partial charge in [0.15, 0.2) is 5.69 Å². The Hall–Kier alpha value is -2.86. The van der Waals surface area contributed by atoms with Gasteiger partial charge < -0.3 is 9.84 Å². The normalized spacial score (nSPS) is 10.6. The number of carboxylic acid groups (broad SMARTS) is 1. The molecule has 0 spiro atoms. The molecule has 0 atom stereocenters. The van der Waals surface area contributed by atoms with Crippen molar-refractivity contribution in [1.29, 1.82) is 0 Å². The number of rotatable bonds is 5. The lowest BCUT2D eigenvalue weighted by atomic mass is 10.1. The summed E-state index contributed by atoms with van der Waals surface area (Å²) in [6.07, 6.45) is 0. The molecule has 0 radical (unpaired) electrons. The van der Waals surface area contributed by atoms with Crippen LogP contribution in [0, 0.1) is 0 Å². The summed E-state index contributed by atoms with van der Waals surface area (Å²) >= 11 is 5.91. The molecule has 0 fully saturated rings. The van der Waals surface area contributed by atoms with Gasteiger partial charge in [-0.1, -0.05) is 28.9 Å². The van der Waals surface area contributed by atoms with Crippen LogP contribution in [0.1, 0.15) is 17.4 Å². The third kappa shape index (κ3) is 3.09. The van der Waals surface area contributed by atoms with Gasteiger partial charge in [0.2, 0.25) is 0 Å². The molecule has 24 heavy (non-hydrogen) atoms. The number of ether oxygens (including phenoxy) is 1. The van der Waals surface area contributed by atoms with E-state index in [1.165, 1.54) is 4.68 Å². The first-order valence-electron chi connectivity index (χ1n) is 7.28. The van der Waals surface area contributed by atoms with Crippen molar-refractivity contribution in [1.82, 2.24) is 15.0 Å². The minimum atomic E-state index is -1.14. The minimum Gasteiger partial charge on any atom is -0.494 e. The third-order valence-corrected chi connectivity index (χ3v) is 3.63. The maximum absolute atomic E-state index is 11.5. The highest BCUT2D eigenvalue weighted by molar-refractivity contribution is 6.30. The van der Waals surface area contributed by atoms with Crippen LogP contribution in [0.3, 0.4) is 0 Å². The fourth-order valence-corrected chi connectivity index (χ4v) is 2.45. The Morgan fingerprint density at radius 3 is 2.42 bits per heavy atom. The average molecular weight is 344 g/mol. The monoisotopic (exact) mass is 343 g/mol. The lowest BCUT2D eigenvalue weighted by molar-refractivity contribution is 0.0691. The highest BCUT2D eigenvalue weighted by Gasteiger charge is 2.21. The van der Waals surface area contributed by atoms with Crippen LogP contribution in [0.15, 0.2) is 48.5 Å². The second kappa shape index (κ2) is 6.72. The van der Waals surface area contributed by atoms with E-state index in [0.717, 1.165) is 5.75 Å². The first-order valence-corrected chi connectivity index (χ1v) is 7.66. The smallest absolute Gasteiger partial charge is 0.358 e. The van der Waals surface area contributed by atoms with Crippen molar-refractivity contribution in [3.63, 3.8) is 0 Å². The molecule has 3 aromatic rings. The second-order valence-electron chi connectivity index (χ2n) is 4.94. The van der Waals surface area contributed by atoms with Gasteiger partial charge in [-0.25, -0.2) is 9.48 Å². The topological polar surface area (TPSA) is 77.2 Å². The summed E-state index contributed by atoms with van der Waals surface area (Å²) in [6.45, 7) is 2.48. The Balaban J connectivity index is 2.11. The zero-order valence-electron chi connectivity index (χ0n) is 12.8. The standard InChI is InChI=1S/C17H14ClN3O3/c1-2-24-14-9-7-13(8-10-14)21-16(15(17(22)23)19-20-21)11-3-5-12(18)6-4-11/h3-10H,2H2,1H3,(H,22,23). The fraction of sp³-hybridized carbons (Fsp3) is 0.118. The highest BCUT2D eigenvalue weighted by Crippen LogP contribution is 2.27. The van der Waals surface area contributed by atoms with E-state index in [-0.39, 0.29) is 5.69 Å². The van der Waals surface area contributed by atoms with Crippen molar-refractivity contribution >= 4 is 17.6 Å². The molecule has 1 heterocycles. The Labute approximate surface area is 143 Å². The van der Waals surface area contributed by atoms with Gasteiger partial charge >= 0.3 is 5.97 Å². The van der Waals surface area contributed by atoms with Crippen LogP contribution < -0.4 is 4.74 Å². The highest BCUT2D eigenvalue weighted by atomic mass is 35.5. The van der Waals surface area contributed by atoms with Crippen molar-refractivity contribution in [2.75, 3.05) is 6.61 Å². The maximum Gasteiger partial charge on any atom is 0.358 e. The van der Waals surface area contributed by atoms with Crippen LogP contribution in [0.5, 0.6) is 5.75 Å². The molecule has 0 saturated carbocycles. The lowest BCUT2D eigenvalue weighted by Crippen LogP contribution is -2.03.